The number of amides is 3. The van der Waals surface area contributed by atoms with Crippen LogP contribution in [0.1, 0.15) is 22.8 Å². The largest absolute Gasteiger partial charge is 0.418 e. The van der Waals surface area contributed by atoms with E-state index in [0.717, 1.165) is 6.07 Å². The zero-order chi connectivity index (χ0) is 23.1. The number of halogens is 3. The third-order valence-electron chi connectivity index (χ3n) is 4.25. The Balaban J connectivity index is 2.08. The van der Waals surface area contributed by atoms with Crippen LogP contribution in [-0.4, -0.2) is 23.5 Å². The van der Waals surface area contributed by atoms with Crippen molar-refractivity contribution in [3.05, 3.63) is 78.1 Å². The Morgan fingerprint density at radius 2 is 1.72 bits per heavy atom. The summed E-state index contributed by atoms with van der Waals surface area (Å²) in [7, 11) is 0. The van der Waals surface area contributed by atoms with Crippen LogP contribution in [0.25, 0.3) is 0 Å². The van der Waals surface area contributed by atoms with Gasteiger partial charge in [-0.3, -0.25) is 9.78 Å². The molecule has 0 spiro atoms. The smallest absolute Gasteiger partial charge is 0.355 e. The molecule has 1 aromatic heterocycles. The monoisotopic (exact) mass is 443 g/mol. The van der Waals surface area contributed by atoms with Crippen molar-refractivity contribution in [3.8, 4) is 0 Å². The van der Waals surface area contributed by atoms with Gasteiger partial charge >= 0.3 is 12.2 Å². The maximum Gasteiger partial charge on any atom is 0.418 e. The van der Waals surface area contributed by atoms with E-state index < -0.39 is 29.4 Å². The molecule has 4 N–H and O–H groups in total. The molecule has 166 valence electrons. The molecule has 1 heterocycles. The molecular weight excluding hydrogens is 423 g/mol. The molecule has 0 atom stereocenters. The molecular formula is C22H20F3N5O2. The molecule has 0 saturated heterocycles. The molecule has 32 heavy (non-hydrogen) atoms. The van der Waals surface area contributed by atoms with E-state index >= 15 is 0 Å². The number of carbonyl (C=O) groups excluding carboxylic acids is 2. The lowest BCUT2D eigenvalue weighted by Gasteiger charge is -2.21. The van der Waals surface area contributed by atoms with Gasteiger partial charge in [0, 0.05) is 30.3 Å². The van der Waals surface area contributed by atoms with Crippen LogP contribution in [0.5, 0.6) is 0 Å². The van der Waals surface area contributed by atoms with Gasteiger partial charge in [-0.25, -0.2) is 4.79 Å². The van der Waals surface area contributed by atoms with E-state index in [0.29, 0.717) is 5.69 Å². The molecule has 7 nitrogen and oxygen atoms in total. The predicted octanol–water partition coefficient (Wildman–Crippen LogP) is 5.24. The van der Waals surface area contributed by atoms with Gasteiger partial charge in [-0.2, -0.15) is 13.2 Å². The van der Waals surface area contributed by atoms with Crippen LogP contribution in [-0.2, 0) is 6.18 Å². The van der Waals surface area contributed by atoms with Gasteiger partial charge in [-0.15, -0.1) is 0 Å². The molecule has 10 heteroatoms. The van der Waals surface area contributed by atoms with Crippen molar-refractivity contribution < 1.29 is 22.8 Å². The van der Waals surface area contributed by atoms with Gasteiger partial charge < -0.3 is 21.3 Å². The number of benzene rings is 2. The quantitative estimate of drug-likeness (QED) is 0.419. The van der Waals surface area contributed by atoms with Gasteiger partial charge in [0.25, 0.3) is 5.91 Å². The SMILES string of the molecule is CCNC(=O)Nc1cc(Nc2ccccc2)cc(C(F)(F)F)c1NC(=O)c1cccnc1. The Bertz CT molecular complexity index is 1090. The van der Waals surface area contributed by atoms with Crippen molar-refractivity contribution in [2.45, 2.75) is 13.1 Å². The van der Waals surface area contributed by atoms with E-state index in [4.69, 9.17) is 0 Å². The van der Waals surface area contributed by atoms with E-state index in [1.165, 1.54) is 30.6 Å². The third-order valence-corrected chi connectivity index (χ3v) is 4.25. The topological polar surface area (TPSA) is 95.1 Å². The normalized spacial score (nSPS) is 10.9. The highest BCUT2D eigenvalue weighted by Gasteiger charge is 2.36. The number of para-hydroxylation sites is 1. The summed E-state index contributed by atoms with van der Waals surface area (Å²) in [5, 5.41) is 10.00. The molecule has 0 radical (unpaired) electrons. The Kier molecular flexibility index (Phi) is 6.93. The fourth-order valence-electron chi connectivity index (χ4n) is 2.87. The number of alkyl halides is 3. The van der Waals surface area contributed by atoms with Crippen LogP contribution in [0.3, 0.4) is 0 Å². The van der Waals surface area contributed by atoms with E-state index in [1.54, 1.807) is 37.3 Å². The molecule has 0 aliphatic rings. The number of aromatic nitrogens is 1. The zero-order valence-corrected chi connectivity index (χ0v) is 17.0. The van der Waals surface area contributed by atoms with Crippen molar-refractivity contribution in [3.63, 3.8) is 0 Å². The zero-order valence-electron chi connectivity index (χ0n) is 17.0. The summed E-state index contributed by atoms with van der Waals surface area (Å²) in [6.45, 7) is 1.93. The van der Waals surface area contributed by atoms with Gasteiger partial charge in [-0.05, 0) is 43.3 Å². The van der Waals surface area contributed by atoms with E-state index in [-0.39, 0.29) is 23.5 Å². The van der Waals surface area contributed by atoms with Crippen LogP contribution in [0, 0.1) is 0 Å². The summed E-state index contributed by atoms with van der Waals surface area (Å²) in [5.41, 5.74) is -1.22. The molecule has 0 unspecified atom stereocenters. The number of nitrogens with one attached hydrogen (secondary N) is 4. The predicted molar refractivity (Wildman–Crippen MR) is 116 cm³/mol. The minimum atomic E-state index is -4.82. The maximum atomic E-state index is 14.0. The van der Waals surface area contributed by atoms with Crippen molar-refractivity contribution >= 4 is 34.7 Å². The number of urea groups is 1. The summed E-state index contributed by atoms with van der Waals surface area (Å²) in [5.74, 6) is -0.800. The minimum Gasteiger partial charge on any atom is -0.355 e. The summed E-state index contributed by atoms with van der Waals surface area (Å²) in [4.78, 5) is 28.5. The number of nitrogens with zero attached hydrogens (tertiary/aromatic N) is 1. The number of anilines is 4. The second-order valence-corrected chi connectivity index (χ2v) is 6.62. The van der Waals surface area contributed by atoms with Crippen LogP contribution >= 0.6 is 0 Å². The highest BCUT2D eigenvalue weighted by Crippen LogP contribution is 2.42. The van der Waals surface area contributed by atoms with Crippen molar-refractivity contribution in [1.29, 1.82) is 0 Å². The average Bonchev–Trinajstić information content (AvgIpc) is 2.76. The van der Waals surface area contributed by atoms with Gasteiger partial charge in [0.2, 0.25) is 0 Å². The summed E-state index contributed by atoms with van der Waals surface area (Å²) in [6.07, 6.45) is -2.15. The average molecular weight is 443 g/mol. The molecule has 2 aromatic carbocycles. The molecule has 0 aliphatic carbocycles. The van der Waals surface area contributed by atoms with Gasteiger partial charge in [-0.1, -0.05) is 18.2 Å². The van der Waals surface area contributed by atoms with Crippen LogP contribution in [0.4, 0.5) is 40.7 Å². The molecule has 0 bridgehead atoms. The van der Waals surface area contributed by atoms with Crippen LogP contribution in [0.15, 0.2) is 67.0 Å². The first-order valence-electron chi connectivity index (χ1n) is 9.61. The first kappa shape index (κ1) is 22.6. The fourth-order valence-corrected chi connectivity index (χ4v) is 2.87. The molecule has 3 aromatic rings. The molecule has 3 rings (SSSR count). The fraction of sp³-hybridized carbons (Fsp3) is 0.136. The summed E-state index contributed by atoms with van der Waals surface area (Å²) >= 11 is 0. The lowest BCUT2D eigenvalue weighted by molar-refractivity contribution is -0.136. The Morgan fingerprint density at radius 1 is 0.969 bits per heavy atom. The lowest BCUT2D eigenvalue weighted by Crippen LogP contribution is -2.29. The third kappa shape index (κ3) is 5.75. The highest BCUT2D eigenvalue weighted by atomic mass is 19.4. The van der Waals surface area contributed by atoms with Gasteiger partial charge in [0.1, 0.15) is 0 Å². The van der Waals surface area contributed by atoms with Crippen LogP contribution < -0.4 is 21.3 Å². The Hall–Kier alpha value is -4.08. The molecule has 3 amide bonds. The number of pyridine rings is 1. The summed E-state index contributed by atoms with van der Waals surface area (Å²) < 4.78 is 41.9. The van der Waals surface area contributed by atoms with E-state index in [9.17, 15) is 22.8 Å². The number of hydrogen-bond donors (Lipinski definition) is 4. The first-order valence-corrected chi connectivity index (χ1v) is 9.61. The second kappa shape index (κ2) is 9.82. The van der Waals surface area contributed by atoms with Gasteiger partial charge in [0.05, 0.1) is 22.5 Å². The highest BCUT2D eigenvalue weighted by molar-refractivity contribution is 6.08. The molecule has 0 aliphatic heterocycles. The molecule has 0 saturated carbocycles. The number of rotatable bonds is 6. The maximum absolute atomic E-state index is 14.0. The Morgan fingerprint density at radius 3 is 2.34 bits per heavy atom. The standard InChI is InChI=1S/C22H20F3N5O2/c1-2-27-21(32)29-18-12-16(28-15-8-4-3-5-9-15)11-17(22(23,24)25)19(18)30-20(31)14-7-6-10-26-13-14/h3-13,28H,2H2,1H3,(H,30,31)(H2,27,29,32). The van der Waals surface area contributed by atoms with E-state index in [1.807, 2.05) is 0 Å². The Labute approximate surface area is 182 Å². The number of hydrogen-bond acceptors (Lipinski definition) is 4. The van der Waals surface area contributed by atoms with Crippen molar-refractivity contribution in [2.75, 3.05) is 22.5 Å². The van der Waals surface area contributed by atoms with Crippen molar-refractivity contribution in [1.82, 2.24) is 10.3 Å². The first-order chi connectivity index (χ1) is 15.3. The van der Waals surface area contributed by atoms with Crippen molar-refractivity contribution in [2.24, 2.45) is 0 Å². The van der Waals surface area contributed by atoms with E-state index in [2.05, 4.69) is 26.3 Å². The number of carbonyl (C=O) groups is 2. The lowest BCUT2D eigenvalue weighted by atomic mass is 10.1. The second-order valence-electron chi connectivity index (χ2n) is 6.62. The van der Waals surface area contributed by atoms with Gasteiger partial charge in [0.15, 0.2) is 0 Å². The van der Waals surface area contributed by atoms with Crippen LogP contribution in [0.2, 0.25) is 0 Å². The summed E-state index contributed by atoms with van der Waals surface area (Å²) in [6, 6.07) is 13.0. The molecule has 0 fully saturated rings. The minimum absolute atomic E-state index is 0.0658.